The van der Waals surface area contributed by atoms with E-state index in [0.717, 1.165) is 10.9 Å². The number of carbonyl (C=O) groups excluding carboxylic acids is 2. The Morgan fingerprint density at radius 3 is 2.64 bits per heavy atom. The largest absolute Gasteiger partial charge is 0.346 e. The Bertz CT molecular complexity index is 880. The minimum atomic E-state index is -0.294. The predicted molar refractivity (Wildman–Crippen MR) is 85.1 cm³/mol. The Morgan fingerprint density at radius 1 is 1.14 bits per heavy atom. The number of rotatable bonds is 3. The van der Waals surface area contributed by atoms with Gasteiger partial charge in [-0.2, -0.15) is 0 Å². The summed E-state index contributed by atoms with van der Waals surface area (Å²) in [7, 11) is 1.73. The molecule has 0 aliphatic rings. The van der Waals surface area contributed by atoms with Crippen LogP contribution in [-0.4, -0.2) is 21.2 Å². The Kier molecular flexibility index (Phi) is 3.47. The quantitative estimate of drug-likeness (QED) is 0.755. The molecule has 0 aliphatic carbocycles. The maximum absolute atomic E-state index is 12.3. The number of benzene rings is 1. The van der Waals surface area contributed by atoms with E-state index in [4.69, 9.17) is 0 Å². The van der Waals surface area contributed by atoms with Crippen LogP contribution in [0, 0.1) is 0 Å². The van der Waals surface area contributed by atoms with Crippen molar-refractivity contribution in [2.45, 2.75) is 6.92 Å². The summed E-state index contributed by atoms with van der Waals surface area (Å²) in [4.78, 5) is 28.1. The summed E-state index contributed by atoms with van der Waals surface area (Å²) in [6.45, 7) is 1.47. The average Bonchev–Trinajstić information content (AvgIpc) is 2.89. The number of Topliss-reactive ketones (excluding diaryl/α,β-unsaturated/α-hetero) is 1. The van der Waals surface area contributed by atoms with Gasteiger partial charge in [-0.05, 0) is 31.2 Å². The molecule has 1 amide bonds. The van der Waals surface area contributed by atoms with E-state index in [1.54, 1.807) is 29.9 Å². The molecule has 5 heteroatoms. The molecular formula is C17H15N3O2. The van der Waals surface area contributed by atoms with Crippen LogP contribution < -0.4 is 5.32 Å². The van der Waals surface area contributed by atoms with Gasteiger partial charge < -0.3 is 9.88 Å². The molecule has 3 aromatic rings. The topological polar surface area (TPSA) is 64.0 Å². The van der Waals surface area contributed by atoms with Crippen molar-refractivity contribution < 1.29 is 9.59 Å². The molecule has 110 valence electrons. The number of aryl methyl sites for hydroxylation is 1. The van der Waals surface area contributed by atoms with Crippen molar-refractivity contribution in [3.8, 4) is 0 Å². The lowest BCUT2D eigenvalue weighted by Crippen LogP contribution is -2.16. The maximum atomic E-state index is 12.3. The molecule has 22 heavy (non-hydrogen) atoms. The second-order valence-corrected chi connectivity index (χ2v) is 5.12. The lowest BCUT2D eigenvalue weighted by atomic mass is 10.2. The molecule has 0 saturated carbocycles. The van der Waals surface area contributed by atoms with E-state index < -0.39 is 0 Å². The molecular weight excluding hydrogens is 278 g/mol. The monoisotopic (exact) mass is 293 g/mol. The van der Waals surface area contributed by atoms with E-state index in [2.05, 4.69) is 10.3 Å². The highest BCUT2D eigenvalue weighted by atomic mass is 16.2. The van der Waals surface area contributed by atoms with Crippen LogP contribution in [0.4, 0.5) is 5.82 Å². The fourth-order valence-electron chi connectivity index (χ4n) is 2.30. The number of pyridine rings is 1. The van der Waals surface area contributed by atoms with E-state index in [0.29, 0.717) is 17.1 Å². The fraction of sp³-hybridized carbons (Fsp3) is 0.118. The molecule has 0 bridgehead atoms. The Labute approximate surface area is 127 Å². The number of fused-ring (bicyclic) bond motifs is 1. The molecule has 0 fully saturated rings. The van der Waals surface area contributed by atoms with Crippen LogP contribution in [0.2, 0.25) is 0 Å². The maximum Gasteiger partial charge on any atom is 0.273 e. The van der Waals surface area contributed by atoms with Crippen LogP contribution in [0.1, 0.15) is 27.8 Å². The second-order valence-electron chi connectivity index (χ2n) is 5.12. The van der Waals surface area contributed by atoms with Crippen LogP contribution in [0.5, 0.6) is 0 Å². The summed E-state index contributed by atoms with van der Waals surface area (Å²) in [6, 6.07) is 12.9. The molecule has 0 unspecified atom stereocenters. The van der Waals surface area contributed by atoms with Gasteiger partial charge in [-0.1, -0.05) is 18.2 Å². The van der Waals surface area contributed by atoms with E-state index in [-0.39, 0.29) is 11.7 Å². The van der Waals surface area contributed by atoms with Crippen LogP contribution >= 0.6 is 0 Å². The number of amides is 1. The third kappa shape index (κ3) is 2.61. The third-order valence-electron chi connectivity index (χ3n) is 3.48. The molecule has 0 saturated heterocycles. The summed E-state index contributed by atoms with van der Waals surface area (Å²) >= 11 is 0. The van der Waals surface area contributed by atoms with Crippen molar-refractivity contribution >= 4 is 28.4 Å². The van der Waals surface area contributed by atoms with Crippen LogP contribution in [0.3, 0.4) is 0 Å². The van der Waals surface area contributed by atoms with E-state index in [9.17, 15) is 9.59 Å². The first kappa shape index (κ1) is 14.0. The highest BCUT2D eigenvalue weighted by molar-refractivity contribution is 6.05. The van der Waals surface area contributed by atoms with Crippen molar-refractivity contribution in [3.05, 3.63) is 59.9 Å². The van der Waals surface area contributed by atoms with E-state index in [1.165, 1.54) is 6.92 Å². The molecule has 0 radical (unpaired) electrons. The van der Waals surface area contributed by atoms with Gasteiger partial charge in [-0.3, -0.25) is 9.59 Å². The molecule has 5 nitrogen and oxygen atoms in total. The van der Waals surface area contributed by atoms with Crippen molar-refractivity contribution in [3.63, 3.8) is 0 Å². The molecule has 1 aromatic carbocycles. The van der Waals surface area contributed by atoms with Gasteiger partial charge in [0.2, 0.25) is 0 Å². The van der Waals surface area contributed by atoms with E-state index >= 15 is 0 Å². The molecule has 0 atom stereocenters. The minimum absolute atomic E-state index is 0.0709. The Morgan fingerprint density at radius 2 is 1.91 bits per heavy atom. The first-order valence-corrected chi connectivity index (χ1v) is 6.89. The van der Waals surface area contributed by atoms with Crippen LogP contribution in [0.25, 0.3) is 10.9 Å². The van der Waals surface area contributed by atoms with Gasteiger partial charge in [0, 0.05) is 24.2 Å². The summed E-state index contributed by atoms with van der Waals surface area (Å²) in [5.74, 6) is 0.116. The molecule has 2 aromatic heterocycles. The van der Waals surface area contributed by atoms with Crippen LogP contribution in [-0.2, 0) is 7.05 Å². The van der Waals surface area contributed by atoms with Crippen molar-refractivity contribution in [2.24, 2.45) is 7.05 Å². The lowest BCUT2D eigenvalue weighted by Gasteiger charge is -2.06. The molecule has 0 spiro atoms. The summed E-state index contributed by atoms with van der Waals surface area (Å²) in [5.41, 5.74) is 1.75. The molecule has 1 N–H and O–H groups in total. The highest BCUT2D eigenvalue weighted by Crippen LogP contribution is 2.16. The zero-order chi connectivity index (χ0) is 15.7. The number of aromatic nitrogens is 2. The van der Waals surface area contributed by atoms with Gasteiger partial charge in [0.25, 0.3) is 5.91 Å². The SMILES string of the molecule is CC(=O)c1cc(C(=O)Nc2ccc3ccccc3n2)n(C)c1. The number of carbonyl (C=O) groups is 2. The number of anilines is 1. The van der Waals surface area contributed by atoms with Crippen LogP contribution in [0.15, 0.2) is 48.7 Å². The second kappa shape index (κ2) is 5.44. The molecule has 0 aliphatic heterocycles. The minimum Gasteiger partial charge on any atom is -0.346 e. The van der Waals surface area contributed by atoms with Crippen molar-refractivity contribution in [1.29, 1.82) is 0 Å². The van der Waals surface area contributed by atoms with Crippen molar-refractivity contribution in [2.75, 3.05) is 5.32 Å². The smallest absolute Gasteiger partial charge is 0.273 e. The van der Waals surface area contributed by atoms with Gasteiger partial charge in [0.1, 0.15) is 11.5 Å². The number of hydrogen-bond donors (Lipinski definition) is 1. The Hall–Kier alpha value is -2.95. The predicted octanol–water partition coefficient (Wildman–Crippen LogP) is 3.03. The normalized spacial score (nSPS) is 10.6. The van der Waals surface area contributed by atoms with Gasteiger partial charge >= 0.3 is 0 Å². The van der Waals surface area contributed by atoms with Gasteiger partial charge in [-0.15, -0.1) is 0 Å². The number of para-hydroxylation sites is 1. The highest BCUT2D eigenvalue weighted by Gasteiger charge is 2.14. The molecule has 2 heterocycles. The first-order valence-electron chi connectivity index (χ1n) is 6.89. The summed E-state index contributed by atoms with van der Waals surface area (Å²) in [5, 5.41) is 3.77. The first-order chi connectivity index (χ1) is 10.5. The van der Waals surface area contributed by atoms with E-state index in [1.807, 2.05) is 30.3 Å². The third-order valence-corrected chi connectivity index (χ3v) is 3.48. The zero-order valence-corrected chi connectivity index (χ0v) is 12.3. The Balaban J connectivity index is 1.88. The number of ketones is 1. The summed E-state index contributed by atoms with van der Waals surface area (Å²) < 4.78 is 1.63. The van der Waals surface area contributed by atoms with Gasteiger partial charge in [0.15, 0.2) is 5.78 Å². The lowest BCUT2D eigenvalue weighted by molar-refractivity contribution is 0.101. The van der Waals surface area contributed by atoms with Gasteiger partial charge in [0.05, 0.1) is 5.52 Å². The number of nitrogens with zero attached hydrogens (tertiary/aromatic N) is 2. The van der Waals surface area contributed by atoms with Gasteiger partial charge in [-0.25, -0.2) is 4.98 Å². The average molecular weight is 293 g/mol. The number of nitrogens with one attached hydrogen (secondary N) is 1. The van der Waals surface area contributed by atoms with Crippen molar-refractivity contribution in [1.82, 2.24) is 9.55 Å². The number of hydrogen-bond acceptors (Lipinski definition) is 3. The fourth-order valence-corrected chi connectivity index (χ4v) is 2.30. The molecule has 3 rings (SSSR count). The summed E-state index contributed by atoms with van der Waals surface area (Å²) in [6.07, 6.45) is 1.64. The standard InChI is InChI=1S/C17H15N3O2/c1-11(21)13-9-15(20(2)10-13)17(22)19-16-8-7-12-5-3-4-6-14(12)18-16/h3-10H,1-2H3,(H,18,19,22). The zero-order valence-electron chi connectivity index (χ0n) is 12.3.